The number of amides is 2. The number of hydrogen-bond donors (Lipinski definition) is 2. The van der Waals surface area contributed by atoms with Crippen LogP contribution >= 0.6 is 0 Å². The van der Waals surface area contributed by atoms with E-state index < -0.39 is 11.8 Å². The Morgan fingerprint density at radius 2 is 1.71 bits per heavy atom. The van der Waals surface area contributed by atoms with E-state index in [4.69, 9.17) is 10.00 Å². The third kappa shape index (κ3) is 5.14. The van der Waals surface area contributed by atoms with Gasteiger partial charge >= 0.3 is 0 Å². The summed E-state index contributed by atoms with van der Waals surface area (Å²) in [7, 11) is 0. The van der Waals surface area contributed by atoms with E-state index >= 15 is 0 Å². The standard InChI is InChI=1S/C18H17N3O3/c1-2-24-16-8-6-14(7-9-16)20-17(22)11-18(23)21-15-5-3-4-13(10-15)12-19/h3-10H,2,11H2,1H3,(H,20,22)(H,21,23). The molecule has 0 spiro atoms. The van der Waals surface area contributed by atoms with Crippen molar-refractivity contribution >= 4 is 23.2 Å². The lowest BCUT2D eigenvalue weighted by molar-refractivity contribution is -0.123. The molecule has 0 aliphatic rings. The van der Waals surface area contributed by atoms with E-state index in [0.717, 1.165) is 0 Å². The number of anilines is 2. The first-order chi connectivity index (χ1) is 11.6. The SMILES string of the molecule is CCOc1ccc(NC(=O)CC(=O)Nc2cccc(C#N)c2)cc1. The molecule has 0 aromatic heterocycles. The largest absolute Gasteiger partial charge is 0.494 e. The van der Waals surface area contributed by atoms with Crippen molar-refractivity contribution in [2.45, 2.75) is 13.3 Å². The minimum absolute atomic E-state index is 0.315. The van der Waals surface area contributed by atoms with Gasteiger partial charge in [0.05, 0.1) is 18.2 Å². The fourth-order valence-corrected chi connectivity index (χ4v) is 2.02. The van der Waals surface area contributed by atoms with Crippen molar-refractivity contribution < 1.29 is 14.3 Å². The van der Waals surface area contributed by atoms with Crippen molar-refractivity contribution in [3.63, 3.8) is 0 Å². The first kappa shape index (κ1) is 17.0. The molecule has 2 aromatic carbocycles. The number of nitrogens with zero attached hydrogens (tertiary/aromatic N) is 1. The summed E-state index contributed by atoms with van der Waals surface area (Å²) in [4.78, 5) is 23.8. The van der Waals surface area contributed by atoms with Crippen LogP contribution in [-0.4, -0.2) is 18.4 Å². The Balaban J connectivity index is 1.87. The van der Waals surface area contributed by atoms with Crippen molar-refractivity contribution in [3.05, 3.63) is 54.1 Å². The summed E-state index contributed by atoms with van der Waals surface area (Å²) in [6.07, 6.45) is -0.315. The molecule has 0 bridgehead atoms. The van der Waals surface area contributed by atoms with Crippen LogP contribution < -0.4 is 15.4 Å². The maximum atomic E-state index is 11.9. The molecule has 2 amide bonds. The molecule has 0 fully saturated rings. The molecule has 6 heteroatoms. The quantitative estimate of drug-likeness (QED) is 0.800. The Hall–Kier alpha value is -3.33. The molecule has 0 unspecified atom stereocenters. The van der Waals surface area contributed by atoms with Gasteiger partial charge in [0, 0.05) is 11.4 Å². The minimum atomic E-state index is -0.450. The summed E-state index contributed by atoms with van der Waals surface area (Å²) in [6.45, 7) is 2.46. The van der Waals surface area contributed by atoms with Gasteiger partial charge in [-0.25, -0.2) is 0 Å². The van der Waals surface area contributed by atoms with Crippen LogP contribution in [-0.2, 0) is 9.59 Å². The molecule has 0 radical (unpaired) electrons. The van der Waals surface area contributed by atoms with Gasteiger partial charge in [0.2, 0.25) is 11.8 Å². The third-order valence-corrected chi connectivity index (χ3v) is 3.05. The average molecular weight is 323 g/mol. The Kier molecular flexibility index (Phi) is 5.92. The van der Waals surface area contributed by atoms with Crippen LogP contribution in [0.25, 0.3) is 0 Å². The summed E-state index contributed by atoms with van der Waals surface area (Å²) in [5.41, 5.74) is 1.50. The summed E-state index contributed by atoms with van der Waals surface area (Å²) >= 11 is 0. The zero-order valence-electron chi connectivity index (χ0n) is 13.2. The van der Waals surface area contributed by atoms with Gasteiger partial charge in [0.25, 0.3) is 0 Å². The molecule has 0 aliphatic carbocycles. The van der Waals surface area contributed by atoms with E-state index in [9.17, 15) is 9.59 Å². The molecule has 0 aliphatic heterocycles. The molecule has 122 valence electrons. The maximum Gasteiger partial charge on any atom is 0.233 e. The van der Waals surface area contributed by atoms with E-state index in [1.807, 2.05) is 13.0 Å². The van der Waals surface area contributed by atoms with Crippen LogP contribution in [0.1, 0.15) is 18.9 Å². The van der Waals surface area contributed by atoms with Crippen molar-refractivity contribution in [2.75, 3.05) is 17.2 Å². The first-order valence-corrected chi connectivity index (χ1v) is 7.43. The zero-order valence-corrected chi connectivity index (χ0v) is 13.2. The fourth-order valence-electron chi connectivity index (χ4n) is 2.02. The van der Waals surface area contributed by atoms with Crippen LogP contribution in [0.3, 0.4) is 0 Å². The summed E-state index contributed by atoms with van der Waals surface area (Å²) in [5.74, 6) is -0.160. The van der Waals surface area contributed by atoms with Gasteiger partial charge in [-0.05, 0) is 49.4 Å². The fraction of sp³-hybridized carbons (Fsp3) is 0.167. The number of rotatable bonds is 6. The second-order valence-electron chi connectivity index (χ2n) is 4.92. The molecule has 0 saturated carbocycles. The molecular formula is C18H17N3O3. The predicted octanol–water partition coefficient (Wildman–Crippen LogP) is 2.92. The van der Waals surface area contributed by atoms with Gasteiger partial charge in [0.1, 0.15) is 12.2 Å². The second-order valence-corrected chi connectivity index (χ2v) is 4.92. The number of ether oxygens (including phenoxy) is 1. The first-order valence-electron chi connectivity index (χ1n) is 7.43. The van der Waals surface area contributed by atoms with Crippen molar-refractivity contribution in [3.8, 4) is 11.8 Å². The summed E-state index contributed by atoms with van der Waals surface area (Å²) < 4.78 is 5.32. The molecule has 0 saturated heterocycles. The Labute approximate surface area is 140 Å². The van der Waals surface area contributed by atoms with Crippen LogP contribution in [0.4, 0.5) is 11.4 Å². The van der Waals surface area contributed by atoms with Crippen molar-refractivity contribution in [1.29, 1.82) is 5.26 Å². The topological polar surface area (TPSA) is 91.2 Å². The van der Waals surface area contributed by atoms with Gasteiger partial charge in [-0.3, -0.25) is 9.59 Å². The molecule has 2 rings (SSSR count). The van der Waals surface area contributed by atoms with E-state index in [-0.39, 0.29) is 6.42 Å². The molecule has 0 heterocycles. The number of hydrogen-bond acceptors (Lipinski definition) is 4. The number of carbonyl (C=O) groups is 2. The highest BCUT2D eigenvalue weighted by molar-refractivity contribution is 6.08. The van der Waals surface area contributed by atoms with Crippen LogP contribution in [0.2, 0.25) is 0 Å². The van der Waals surface area contributed by atoms with Gasteiger partial charge in [-0.1, -0.05) is 6.07 Å². The second kappa shape index (κ2) is 8.34. The number of benzene rings is 2. The lowest BCUT2D eigenvalue weighted by Gasteiger charge is -2.08. The zero-order chi connectivity index (χ0) is 17.4. The van der Waals surface area contributed by atoms with Gasteiger partial charge < -0.3 is 15.4 Å². The van der Waals surface area contributed by atoms with E-state index in [1.54, 1.807) is 48.5 Å². The number of nitriles is 1. The maximum absolute atomic E-state index is 11.9. The monoisotopic (exact) mass is 323 g/mol. The lowest BCUT2D eigenvalue weighted by atomic mass is 10.2. The number of carbonyl (C=O) groups excluding carboxylic acids is 2. The third-order valence-electron chi connectivity index (χ3n) is 3.05. The van der Waals surface area contributed by atoms with Gasteiger partial charge in [-0.15, -0.1) is 0 Å². The van der Waals surface area contributed by atoms with Crippen LogP contribution in [0.15, 0.2) is 48.5 Å². The Bertz CT molecular complexity index is 764. The highest BCUT2D eigenvalue weighted by Gasteiger charge is 2.10. The van der Waals surface area contributed by atoms with Crippen molar-refractivity contribution in [1.82, 2.24) is 0 Å². The van der Waals surface area contributed by atoms with Gasteiger partial charge in [0.15, 0.2) is 0 Å². The van der Waals surface area contributed by atoms with Crippen LogP contribution in [0.5, 0.6) is 5.75 Å². The molecule has 0 atom stereocenters. The number of nitrogens with one attached hydrogen (secondary N) is 2. The Morgan fingerprint density at radius 3 is 2.33 bits per heavy atom. The predicted molar refractivity (Wildman–Crippen MR) is 90.6 cm³/mol. The van der Waals surface area contributed by atoms with Gasteiger partial charge in [-0.2, -0.15) is 5.26 Å². The Morgan fingerprint density at radius 1 is 1.04 bits per heavy atom. The molecule has 2 aromatic rings. The smallest absolute Gasteiger partial charge is 0.233 e. The molecule has 6 nitrogen and oxygen atoms in total. The van der Waals surface area contributed by atoms with Crippen molar-refractivity contribution in [2.24, 2.45) is 0 Å². The van der Waals surface area contributed by atoms with E-state index in [0.29, 0.717) is 29.3 Å². The molecule has 2 N–H and O–H groups in total. The highest BCUT2D eigenvalue weighted by Crippen LogP contribution is 2.16. The summed E-state index contributed by atoms with van der Waals surface area (Å²) in [6, 6.07) is 15.4. The van der Waals surface area contributed by atoms with E-state index in [2.05, 4.69) is 10.6 Å². The van der Waals surface area contributed by atoms with Crippen LogP contribution in [0, 0.1) is 11.3 Å². The summed E-state index contributed by atoms with van der Waals surface area (Å²) in [5, 5.41) is 14.1. The minimum Gasteiger partial charge on any atom is -0.494 e. The lowest BCUT2D eigenvalue weighted by Crippen LogP contribution is -2.21. The molecular weight excluding hydrogens is 306 g/mol. The average Bonchev–Trinajstić information content (AvgIpc) is 2.57. The highest BCUT2D eigenvalue weighted by atomic mass is 16.5. The van der Waals surface area contributed by atoms with E-state index in [1.165, 1.54) is 0 Å². The normalized spacial score (nSPS) is 9.67. The molecule has 24 heavy (non-hydrogen) atoms.